The van der Waals surface area contributed by atoms with Crippen molar-refractivity contribution in [3.63, 3.8) is 0 Å². The summed E-state index contributed by atoms with van der Waals surface area (Å²) in [5.41, 5.74) is 0.927. The van der Waals surface area contributed by atoms with Crippen LogP contribution in [0.5, 0.6) is 0 Å². The van der Waals surface area contributed by atoms with Crippen LogP contribution in [-0.2, 0) is 14.3 Å². The van der Waals surface area contributed by atoms with E-state index >= 15 is 0 Å². The molecule has 0 saturated heterocycles. The molecular formula is C12H16O3S. The van der Waals surface area contributed by atoms with E-state index in [1.165, 1.54) is 0 Å². The third kappa shape index (κ3) is 2.62. The molecule has 1 saturated carbocycles. The summed E-state index contributed by atoms with van der Waals surface area (Å²) in [4.78, 5) is 0.263. The van der Waals surface area contributed by atoms with Crippen molar-refractivity contribution < 1.29 is 12.6 Å². The number of hydrogen-bond acceptors (Lipinski definition) is 3. The third-order valence-electron chi connectivity index (χ3n) is 2.84. The molecule has 4 heteroatoms. The van der Waals surface area contributed by atoms with Crippen LogP contribution in [0.4, 0.5) is 0 Å². The molecule has 0 radical (unpaired) electrons. The van der Waals surface area contributed by atoms with E-state index in [4.69, 9.17) is 4.18 Å². The molecule has 0 atom stereocenters. The van der Waals surface area contributed by atoms with E-state index in [9.17, 15) is 8.42 Å². The zero-order chi connectivity index (χ0) is 11.6. The van der Waals surface area contributed by atoms with E-state index in [0.717, 1.165) is 31.2 Å². The molecule has 0 aliphatic heterocycles. The van der Waals surface area contributed by atoms with Crippen molar-refractivity contribution in [2.75, 3.05) is 0 Å². The maximum Gasteiger partial charge on any atom is 0.297 e. The molecule has 3 nitrogen and oxygen atoms in total. The summed E-state index contributed by atoms with van der Waals surface area (Å²) in [5, 5.41) is 0. The van der Waals surface area contributed by atoms with Crippen LogP contribution in [0.15, 0.2) is 29.2 Å². The lowest BCUT2D eigenvalue weighted by Crippen LogP contribution is -2.15. The van der Waals surface area contributed by atoms with Gasteiger partial charge in [-0.1, -0.05) is 25.0 Å². The van der Waals surface area contributed by atoms with Gasteiger partial charge in [-0.05, 0) is 37.5 Å². The van der Waals surface area contributed by atoms with Crippen molar-refractivity contribution in [1.82, 2.24) is 0 Å². The predicted octanol–water partition coefficient (Wildman–Crippen LogP) is 2.64. The number of aryl methyl sites for hydroxylation is 1. The fraction of sp³-hybridized carbons (Fsp3) is 0.500. The van der Waals surface area contributed by atoms with Crippen molar-refractivity contribution in [2.24, 2.45) is 0 Å². The zero-order valence-electron chi connectivity index (χ0n) is 9.35. The average Bonchev–Trinajstić information content (AvgIpc) is 2.70. The fourth-order valence-electron chi connectivity index (χ4n) is 1.99. The van der Waals surface area contributed by atoms with Crippen molar-refractivity contribution >= 4 is 10.1 Å². The maximum atomic E-state index is 11.9. The highest BCUT2D eigenvalue weighted by molar-refractivity contribution is 7.86. The minimum absolute atomic E-state index is 0.120. The molecule has 0 amide bonds. The maximum absolute atomic E-state index is 11.9. The molecule has 0 aromatic heterocycles. The lowest BCUT2D eigenvalue weighted by atomic mass is 10.2. The van der Waals surface area contributed by atoms with Crippen LogP contribution in [-0.4, -0.2) is 14.5 Å². The van der Waals surface area contributed by atoms with Gasteiger partial charge in [0, 0.05) is 0 Å². The average molecular weight is 240 g/mol. The fourth-order valence-corrected chi connectivity index (χ4v) is 3.23. The summed E-state index contributed by atoms with van der Waals surface area (Å²) in [6, 6.07) is 6.83. The first-order valence-electron chi connectivity index (χ1n) is 5.58. The van der Waals surface area contributed by atoms with Crippen LogP contribution < -0.4 is 0 Å². The van der Waals surface area contributed by atoms with E-state index in [1.807, 2.05) is 13.0 Å². The molecule has 2 rings (SSSR count). The Hall–Kier alpha value is -0.870. The standard InChI is InChI=1S/C12H16O3S/c1-10-5-4-8-12(9-10)16(13,14)15-11-6-2-3-7-11/h4-5,8-9,11H,2-3,6-7H2,1H3. The third-order valence-corrected chi connectivity index (χ3v) is 4.20. The van der Waals surface area contributed by atoms with Crippen LogP contribution >= 0.6 is 0 Å². The SMILES string of the molecule is Cc1cccc(S(=O)(=O)OC2CCCC2)c1. The van der Waals surface area contributed by atoms with Crippen molar-refractivity contribution in [3.05, 3.63) is 29.8 Å². The molecule has 0 N–H and O–H groups in total. The van der Waals surface area contributed by atoms with Gasteiger partial charge < -0.3 is 0 Å². The smallest absolute Gasteiger partial charge is 0.263 e. The molecule has 1 aromatic carbocycles. The molecule has 1 aromatic rings. The first kappa shape index (κ1) is 11.6. The topological polar surface area (TPSA) is 43.4 Å². The minimum atomic E-state index is -3.57. The van der Waals surface area contributed by atoms with Crippen molar-refractivity contribution in [3.8, 4) is 0 Å². The zero-order valence-corrected chi connectivity index (χ0v) is 10.2. The second kappa shape index (κ2) is 4.55. The minimum Gasteiger partial charge on any atom is -0.263 e. The lowest BCUT2D eigenvalue weighted by Gasteiger charge is -2.11. The Morgan fingerprint density at radius 2 is 1.94 bits per heavy atom. The Kier molecular flexibility index (Phi) is 3.30. The molecule has 0 spiro atoms. The Bertz CT molecular complexity index is 459. The molecule has 1 fully saturated rings. The van der Waals surface area contributed by atoms with Crippen molar-refractivity contribution in [1.29, 1.82) is 0 Å². The molecule has 0 unspecified atom stereocenters. The number of rotatable bonds is 3. The van der Waals surface area contributed by atoms with Gasteiger partial charge in [0.25, 0.3) is 10.1 Å². The van der Waals surface area contributed by atoms with Crippen LogP contribution in [0, 0.1) is 6.92 Å². The summed E-state index contributed by atoms with van der Waals surface area (Å²) >= 11 is 0. The van der Waals surface area contributed by atoms with Crippen LogP contribution in [0.3, 0.4) is 0 Å². The molecule has 1 aliphatic rings. The lowest BCUT2D eigenvalue weighted by molar-refractivity contribution is 0.217. The van der Waals surface area contributed by atoms with Gasteiger partial charge in [-0.15, -0.1) is 0 Å². The number of hydrogen-bond donors (Lipinski definition) is 0. The van der Waals surface area contributed by atoms with Crippen LogP contribution in [0.25, 0.3) is 0 Å². The van der Waals surface area contributed by atoms with Crippen LogP contribution in [0.2, 0.25) is 0 Å². The molecule has 88 valence electrons. The van der Waals surface area contributed by atoms with E-state index in [2.05, 4.69) is 0 Å². The second-order valence-electron chi connectivity index (χ2n) is 4.27. The number of benzene rings is 1. The Morgan fingerprint density at radius 3 is 2.56 bits per heavy atom. The van der Waals surface area contributed by atoms with Crippen molar-refractivity contribution in [2.45, 2.75) is 43.6 Å². The normalized spacial score (nSPS) is 17.8. The first-order valence-corrected chi connectivity index (χ1v) is 6.99. The summed E-state index contributed by atoms with van der Waals surface area (Å²) in [6.07, 6.45) is 3.71. The van der Waals surface area contributed by atoms with Gasteiger partial charge in [0.1, 0.15) is 0 Å². The molecule has 0 bridgehead atoms. The van der Waals surface area contributed by atoms with Gasteiger partial charge in [0.15, 0.2) is 0 Å². The summed E-state index contributed by atoms with van der Waals surface area (Å²) in [6.45, 7) is 1.87. The highest BCUT2D eigenvalue weighted by Gasteiger charge is 2.24. The predicted molar refractivity (Wildman–Crippen MR) is 61.7 cm³/mol. The van der Waals surface area contributed by atoms with E-state index in [-0.39, 0.29) is 11.0 Å². The first-order chi connectivity index (χ1) is 7.58. The Labute approximate surface area is 96.6 Å². The Balaban J connectivity index is 2.18. The highest BCUT2D eigenvalue weighted by Crippen LogP contribution is 2.25. The molecule has 16 heavy (non-hydrogen) atoms. The van der Waals surface area contributed by atoms with E-state index < -0.39 is 10.1 Å². The monoisotopic (exact) mass is 240 g/mol. The second-order valence-corrected chi connectivity index (χ2v) is 5.85. The quantitative estimate of drug-likeness (QED) is 0.763. The summed E-state index contributed by atoms with van der Waals surface area (Å²) in [7, 11) is -3.57. The summed E-state index contributed by atoms with van der Waals surface area (Å²) in [5.74, 6) is 0. The van der Waals surface area contributed by atoms with E-state index in [0.29, 0.717) is 0 Å². The van der Waals surface area contributed by atoms with Gasteiger partial charge in [0.2, 0.25) is 0 Å². The molecular weight excluding hydrogens is 224 g/mol. The summed E-state index contributed by atoms with van der Waals surface area (Å²) < 4.78 is 29.0. The Morgan fingerprint density at radius 1 is 1.25 bits per heavy atom. The van der Waals surface area contributed by atoms with Gasteiger partial charge in [-0.25, -0.2) is 0 Å². The van der Waals surface area contributed by atoms with Crippen LogP contribution in [0.1, 0.15) is 31.2 Å². The van der Waals surface area contributed by atoms with Gasteiger partial charge in [-0.2, -0.15) is 8.42 Å². The largest absolute Gasteiger partial charge is 0.297 e. The highest BCUT2D eigenvalue weighted by atomic mass is 32.2. The molecule has 1 aliphatic carbocycles. The van der Waals surface area contributed by atoms with Gasteiger partial charge in [-0.3, -0.25) is 4.18 Å². The molecule has 0 heterocycles. The van der Waals surface area contributed by atoms with E-state index in [1.54, 1.807) is 18.2 Å². The van der Waals surface area contributed by atoms with Gasteiger partial charge in [0.05, 0.1) is 11.0 Å². The van der Waals surface area contributed by atoms with Gasteiger partial charge >= 0.3 is 0 Å².